The summed E-state index contributed by atoms with van der Waals surface area (Å²) in [5, 5.41) is 0. The molecule has 2 atom stereocenters. The number of ether oxygens (including phenoxy) is 3. The number of halogens is 1. The molecule has 0 saturated carbocycles. The Labute approximate surface area is 124 Å². The molecule has 0 aromatic heterocycles. The standard InChI is InChI=1S/C16H22FNO3/c1-11(14-3-2-13(18)9-15(14)17)8-12-10-19-5-4-16(12)20-6-7-21-16/h2-3,9,11-12H,4-8,10,18H2,1H3. The number of hydrogen-bond acceptors (Lipinski definition) is 4. The molecule has 2 unspecified atom stereocenters. The molecule has 0 amide bonds. The van der Waals surface area contributed by atoms with Crippen molar-refractivity contribution in [3.8, 4) is 0 Å². The first kappa shape index (κ1) is 14.8. The van der Waals surface area contributed by atoms with Crippen LogP contribution in [0.15, 0.2) is 18.2 Å². The number of hydrogen-bond donors (Lipinski definition) is 1. The first-order valence-corrected chi connectivity index (χ1v) is 7.51. The molecule has 5 heteroatoms. The summed E-state index contributed by atoms with van der Waals surface area (Å²) < 4.78 is 31.4. The lowest BCUT2D eigenvalue weighted by Gasteiger charge is -2.40. The highest BCUT2D eigenvalue weighted by molar-refractivity contribution is 5.41. The summed E-state index contributed by atoms with van der Waals surface area (Å²) in [6.45, 7) is 4.52. The van der Waals surface area contributed by atoms with Crippen molar-refractivity contribution in [2.45, 2.75) is 31.5 Å². The van der Waals surface area contributed by atoms with Gasteiger partial charge < -0.3 is 19.9 Å². The molecule has 0 radical (unpaired) electrons. The monoisotopic (exact) mass is 295 g/mol. The fraction of sp³-hybridized carbons (Fsp3) is 0.625. The molecule has 0 bridgehead atoms. The van der Waals surface area contributed by atoms with Crippen molar-refractivity contribution >= 4 is 5.69 Å². The van der Waals surface area contributed by atoms with E-state index in [0.717, 1.165) is 12.8 Å². The average molecular weight is 295 g/mol. The molecule has 1 aromatic rings. The third kappa shape index (κ3) is 2.91. The molecule has 2 aliphatic rings. The molecule has 4 nitrogen and oxygen atoms in total. The van der Waals surface area contributed by atoms with Crippen molar-refractivity contribution in [3.63, 3.8) is 0 Å². The predicted molar refractivity (Wildman–Crippen MR) is 77.4 cm³/mol. The third-order valence-corrected chi connectivity index (χ3v) is 4.51. The van der Waals surface area contributed by atoms with Crippen molar-refractivity contribution in [1.29, 1.82) is 0 Å². The van der Waals surface area contributed by atoms with E-state index in [1.54, 1.807) is 12.1 Å². The van der Waals surface area contributed by atoms with Crippen LogP contribution in [0.1, 0.15) is 31.2 Å². The Hall–Kier alpha value is -1.17. The van der Waals surface area contributed by atoms with Gasteiger partial charge in [-0.2, -0.15) is 0 Å². The largest absolute Gasteiger partial charge is 0.399 e. The van der Waals surface area contributed by atoms with Gasteiger partial charge in [0.25, 0.3) is 0 Å². The van der Waals surface area contributed by atoms with Crippen LogP contribution in [0.3, 0.4) is 0 Å². The van der Waals surface area contributed by atoms with Crippen LogP contribution in [0.25, 0.3) is 0 Å². The molecular weight excluding hydrogens is 273 g/mol. The number of nitrogen functional groups attached to an aromatic ring is 1. The molecular formula is C16H22FNO3. The highest BCUT2D eigenvalue weighted by Gasteiger charge is 2.46. The third-order valence-electron chi connectivity index (χ3n) is 4.51. The zero-order valence-corrected chi connectivity index (χ0v) is 12.3. The minimum atomic E-state index is -0.531. The maximum absolute atomic E-state index is 14.1. The van der Waals surface area contributed by atoms with E-state index in [1.165, 1.54) is 6.07 Å². The second-order valence-corrected chi connectivity index (χ2v) is 5.95. The van der Waals surface area contributed by atoms with Crippen molar-refractivity contribution in [2.75, 3.05) is 32.2 Å². The van der Waals surface area contributed by atoms with Gasteiger partial charge in [0.15, 0.2) is 5.79 Å². The number of nitrogens with two attached hydrogens (primary N) is 1. The van der Waals surface area contributed by atoms with Gasteiger partial charge in [-0.1, -0.05) is 13.0 Å². The molecule has 21 heavy (non-hydrogen) atoms. The van der Waals surface area contributed by atoms with E-state index in [9.17, 15) is 4.39 Å². The Morgan fingerprint density at radius 1 is 1.33 bits per heavy atom. The molecule has 0 aliphatic carbocycles. The summed E-state index contributed by atoms with van der Waals surface area (Å²) in [7, 11) is 0. The maximum atomic E-state index is 14.1. The number of benzene rings is 1. The van der Waals surface area contributed by atoms with E-state index in [1.807, 2.05) is 6.92 Å². The molecule has 2 saturated heterocycles. The Kier molecular flexibility index (Phi) is 4.15. The van der Waals surface area contributed by atoms with Gasteiger partial charge in [0.1, 0.15) is 5.82 Å². The maximum Gasteiger partial charge on any atom is 0.175 e. The molecule has 1 aromatic carbocycles. The van der Waals surface area contributed by atoms with Gasteiger partial charge >= 0.3 is 0 Å². The van der Waals surface area contributed by atoms with Gasteiger partial charge in [-0.25, -0.2) is 4.39 Å². The molecule has 2 N–H and O–H groups in total. The van der Waals surface area contributed by atoms with E-state index in [4.69, 9.17) is 19.9 Å². The van der Waals surface area contributed by atoms with Gasteiger partial charge in [0, 0.05) is 18.0 Å². The van der Waals surface area contributed by atoms with Crippen molar-refractivity contribution in [1.82, 2.24) is 0 Å². The molecule has 3 rings (SSSR count). The molecule has 2 fully saturated rings. The Balaban J connectivity index is 1.75. The van der Waals surface area contributed by atoms with Crippen LogP contribution in [0.4, 0.5) is 10.1 Å². The summed E-state index contributed by atoms with van der Waals surface area (Å²) in [4.78, 5) is 0. The summed E-state index contributed by atoms with van der Waals surface area (Å²) in [5.41, 5.74) is 6.74. The van der Waals surface area contributed by atoms with Crippen molar-refractivity contribution in [2.24, 2.45) is 5.92 Å². The van der Waals surface area contributed by atoms with Gasteiger partial charge in [0.05, 0.1) is 26.4 Å². The van der Waals surface area contributed by atoms with Crippen molar-refractivity contribution in [3.05, 3.63) is 29.6 Å². The van der Waals surface area contributed by atoms with Crippen LogP contribution in [-0.2, 0) is 14.2 Å². The minimum Gasteiger partial charge on any atom is -0.399 e. The zero-order chi connectivity index (χ0) is 14.9. The smallest absolute Gasteiger partial charge is 0.175 e. The first-order valence-electron chi connectivity index (χ1n) is 7.51. The van der Waals surface area contributed by atoms with E-state index >= 15 is 0 Å². The Morgan fingerprint density at radius 2 is 2.10 bits per heavy atom. The van der Waals surface area contributed by atoms with E-state index in [2.05, 4.69) is 0 Å². The number of anilines is 1. The minimum absolute atomic E-state index is 0.0574. The van der Waals surface area contributed by atoms with Crippen molar-refractivity contribution < 1.29 is 18.6 Å². The topological polar surface area (TPSA) is 53.7 Å². The fourth-order valence-electron chi connectivity index (χ4n) is 3.37. The molecule has 1 spiro atoms. The van der Waals surface area contributed by atoms with Crippen LogP contribution >= 0.6 is 0 Å². The summed E-state index contributed by atoms with van der Waals surface area (Å²) >= 11 is 0. The zero-order valence-electron chi connectivity index (χ0n) is 12.3. The molecule has 2 heterocycles. The second-order valence-electron chi connectivity index (χ2n) is 5.95. The van der Waals surface area contributed by atoms with Gasteiger partial charge in [-0.05, 0) is 30.0 Å². The SMILES string of the molecule is CC(CC1COCCC12OCCO2)c1ccc(N)cc1F. The quantitative estimate of drug-likeness (QED) is 0.871. The highest BCUT2D eigenvalue weighted by Crippen LogP contribution is 2.40. The Bertz CT molecular complexity index is 502. The molecule has 116 valence electrons. The second kappa shape index (κ2) is 5.91. The summed E-state index contributed by atoms with van der Waals surface area (Å²) in [6, 6.07) is 4.88. The van der Waals surface area contributed by atoms with E-state index in [-0.39, 0.29) is 17.7 Å². The fourth-order valence-corrected chi connectivity index (χ4v) is 3.37. The molecule has 2 aliphatic heterocycles. The normalized spacial score (nSPS) is 26.1. The van der Waals surface area contributed by atoms with Crippen LogP contribution in [0, 0.1) is 11.7 Å². The number of rotatable bonds is 3. The lowest BCUT2D eigenvalue weighted by Crippen LogP contribution is -2.46. The highest BCUT2D eigenvalue weighted by atomic mass is 19.1. The summed E-state index contributed by atoms with van der Waals surface area (Å²) in [6.07, 6.45) is 1.51. The van der Waals surface area contributed by atoms with Crippen LogP contribution < -0.4 is 5.73 Å². The van der Waals surface area contributed by atoms with Gasteiger partial charge in [0.2, 0.25) is 0 Å². The van der Waals surface area contributed by atoms with Gasteiger partial charge in [-0.3, -0.25) is 0 Å². The summed E-state index contributed by atoms with van der Waals surface area (Å²) in [5.74, 6) is -0.597. The van der Waals surface area contributed by atoms with E-state index < -0.39 is 5.79 Å². The van der Waals surface area contributed by atoms with Crippen LogP contribution in [-0.4, -0.2) is 32.2 Å². The lowest BCUT2D eigenvalue weighted by atomic mass is 9.83. The average Bonchev–Trinajstić information content (AvgIpc) is 2.90. The van der Waals surface area contributed by atoms with E-state index in [0.29, 0.717) is 37.7 Å². The predicted octanol–water partition coefficient (Wildman–Crippen LogP) is 2.68. The van der Waals surface area contributed by atoms with Crippen LogP contribution in [0.5, 0.6) is 0 Å². The lowest BCUT2D eigenvalue weighted by molar-refractivity contribution is -0.241. The first-order chi connectivity index (χ1) is 10.1. The van der Waals surface area contributed by atoms with Gasteiger partial charge in [-0.15, -0.1) is 0 Å². The Morgan fingerprint density at radius 3 is 2.81 bits per heavy atom. The van der Waals surface area contributed by atoms with Crippen LogP contribution in [0.2, 0.25) is 0 Å².